The van der Waals surface area contributed by atoms with Crippen molar-refractivity contribution in [1.29, 1.82) is 0 Å². The van der Waals surface area contributed by atoms with E-state index < -0.39 is 0 Å². The summed E-state index contributed by atoms with van der Waals surface area (Å²) in [6.45, 7) is 5.84. The average Bonchev–Trinajstić information content (AvgIpc) is 2.68. The van der Waals surface area contributed by atoms with E-state index in [1.165, 1.54) is 32.8 Å². The summed E-state index contributed by atoms with van der Waals surface area (Å²) >= 11 is 0. The van der Waals surface area contributed by atoms with E-state index in [2.05, 4.69) is 18.7 Å². The first-order valence-corrected chi connectivity index (χ1v) is 5.94. The lowest BCUT2D eigenvalue weighted by Gasteiger charge is -2.29. The zero-order chi connectivity index (χ0) is 11.3. The third-order valence-electron chi connectivity index (χ3n) is 3.00. The maximum absolute atomic E-state index is 11.3. The average molecular weight is 213 g/mol. The quantitative estimate of drug-likeness (QED) is 0.655. The minimum atomic E-state index is -0.109. The molecule has 0 radical (unpaired) electrons. The van der Waals surface area contributed by atoms with Crippen LogP contribution in [0.15, 0.2) is 0 Å². The number of hydrogen-bond acceptors (Lipinski definition) is 3. The fourth-order valence-electron chi connectivity index (χ4n) is 2.31. The van der Waals surface area contributed by atoms with Crippen LogP contribution in [-0.2, 0) is 9.53 Å². The molecule has 0 aromatic carbocycles. The van der Waals surface area contributed by atoms with E-state index in [1.807, 2.05) is 0 Å². The van der Waals surface area contributed by atoms with Gasteiger partial charge in [0.2, 0.25) is 0 Å². The van der Waals surface area contributed by atoms with Gasteiger partial charge in [0.25, 0.3) is 0 Å². The molecule has 0 unspecified atom stereocenters. The van der Waals surface area contributed by atoms with Crippen LogP contribution in [0.1, 0.15) is 39.5 Å². The molecular weight excluding hydrogens is 190 g/mol. The molecular formula is C12H23NO2. The van der Waals surface area contributed by atoms with E-state index in [0.717, 1.165) is 6.54 Å². The third kappa shape index (κ3) is 4.20. The second-order valence-corrected chi connectivity index (χ2v) is 4.84. The van der Waals surface area contributed by atoms with Gasteiger partial charge in [-0.05, 0) is 18.8 Å². The predicted octanol–water partition coefficient (Wildman–Crippen LogP) is 2.06. The van der Waals surface area contributed by atoms with Crippen LogP contribution in [-0.4, -0.2) is 37.1 Å². The van der Waals surface area contributed by atoms with E-state index in [4.69, 9.17) is 4.74 Å². The maximum Gasteiger partial charge on any atom is 0.319 e. The SMILES string of the molecule is COC(=O)CN(CC(C)C)C1CCCC1. The molecule has 1 aliphatic rings. The molecule has 0 atom stereocenters. The van der Waals surface area contributed by atoms with Crippen molar-refractivity contribution in [1.82, 2.24) is 4.90 Å². The summed E-state index contributed by atoms with van der Waals surface area (Å²) in [7, 11) is 1.46. The molecule has 0 amide bonds. The Bertz CT molecular complexity index is 198. The van der Waals surface area contributed by atoms with Crippen LogP contribution in [0.3, 0.4) is 0 Å². The zero-order valence-electron chi connectivity index (χ0n) is 10.2. The first-order chi connectivity index (χ1) is 7.13. The standard InChI is InChI=1S/C12H23NO2/c1-10(2)8-13(9-12(14)15-3)11-6-4-5-7-11/h10-11H,4-9H2,1-3H3. The molecule has 15 heavy (non-hydrogen) atoms. The molecule has 0 aliphatic heterocycles. The first-order valence-electron chi connectivity index (χ1n) is 5.94. The number of carbonyl (C=O) groups excluding carboxylic acids is 1. The maximum atomic E-state index is 11.3. The monoisotopic (exact) mass is 213 g/mol. The minimum Gasteiger partial charge on any atom is -0.468 e. The normalized spacial score (nSPS) is 17.7. The number of esters is 1. The van der Waals surface area contributed by atoms with E-state index in [0.29, 0.717) is 18.5 Å². The fraction of sp³-hybridized carbons (Fsp3) is 0.917. The Labute approximate surface area is 92.8 Å². The second kappa shape index (κ2) is 6.11. The first kappa shape index (κ1) is 12.5. The second-order valence-electron chi connectivity index (χ2n) is 4.84. The highest BCUT2D eigenvalue weighted by Crippen LogP contribution is 2.24. The van der Waals surface area contributed by atoms with Gasteiger partial charge < -0.3 is 4.74 Å². The lowest BCUT2D eigenvalue weighted by molar-refractivity contribution is -0.142. The van der Waals surface area contributed by atoms with Crippen LogP contribution in [0.5, 0.6) is 0 Å². The summed E-state index contributed by atoms with van der Waals surface area (Å²) in [4.78, 5) is 13.6. The van der Waals surface area contributed by atoms with E-state index in [-0.39, 0.29) is 5.97 Å². The Morgan fingerprint density at radius 2 is 2.00 bits per heavy atom. The van der Waals surface area contributed by atoms with Gasteiger partial charge in [-0.1, -0.05) is 26.7 Å². The van der Waals surface area contributed by atoms with E-state index >= 15 is 0 Å². The van der Waals surface area contributed by atoms with Gasteiger partial charge in [0.15, 0.2) is 0 Å². The Balaban J connectivity index is 2.47. The molecule has 0 saturated heterocycles. The van der Waals surface area contributed by atoms with Crippen LogP contribution in [0.25, 0.3) is 0 Å². The molecule has 1 fully saturated rings. The Morgan fingerprint density at radius 1 is 1.40 bits per heavy atom. The largest absolute Gasteiger partial charge is 0.468 e. The van der Waals surface area contributed by atoms with Gasteiger partial charge in [0.1, 0.15) is 0 Å². The summed E-state index contributed by atoms with van der Waals surface area (Å²) < 4.78 is 4.74. The molecule has 1 aliphatic carbocycles. The summed E-state index contributed by atoms with van der Waals surface area (Å²) in [6, 6.07) is 0.603. The Morgan fingerprint density at radius 3 is 2.47 bits per heavy atom. The molecule has 0 bridgehead atoms. The van der Waals surface area contributed by atoms with Gasteiger partial charge in [0, 0.05) is 12.6 Å². The number of methoxy groups -OCH3 is 1. The molecule has 1 saturated carbocycles. The summed E-state index contributed by atoms with van der Waals surface area (Å²) in [6.07, 6.45) is 5.09. The molecule has 3 heteroatoms. The lowest BCUT2D eigenvalue weighted by Crippen LogP contribution is -2.40. The summed E-state index contributed by atoms with van der Waals surface area (Å²) in [5.41, 5.74) is 0. The number of hydrogen-bond donors (Lipinski definition) is 0. The topological polar surface area (TPSA) is 29.5 Å². The van der Waals surface area contributed by atoms with Crippen molar-refractivity contribution in [3.63, 3.8) is 0 Å². The minimum absolute atomic E-state index is 0.109. The van der Waals surface area contributed by atoms with Crippen molar-refractivity contribution < 1.29 is 9.53 Å². The number of rotatable bonds is 5. The molecule has 3 nitrogen and oxygen atoms in total. The Hall–Kier alpha value is -0.570. The molecule has 88 valence electrons. The third-order valence-corrected chi connectivity index (χ3v) is 3.00. The van der Waals surface area contributed by atoms with E-state index in [9.17, 15) is 4.79 Å². The fourth-order valence-corrected chi connectivity index (χ4v) is 2.31. The van der Waals surface area contributed by atoms with Crippen molar-refractivity contribution in [2.24, 2.45) is 5.92 Å². The highest BCUT2D eigenvalue weighted by Gasteiger charge is 2.24. The number of nitrogens with zero attached hydrogens (tertiary/aromatic N) is 1. The van der Waals surface area contributed by atoms with Crippen molar-refractivity contribution in [3.8, 4) is 0 Å². The zero-order valence-corrected chi connectivity index (χ0v) is 10.2. The molecule has 0 spiro atoms. The summed E-state index contributed by atoms with van der Waals surface area (Å²) in [5, 5.41) is 0. The molecule has 1 rings (SSSR count). The Kier molecular flexibility index (Phi) is 5.09. The van der Waals surface area contributed by atoms with Crippen molar-refractivity contribution in [2.45, 2.75) is 45.6 Å². The van der Waals surface area contributed by atoms with Gasteiger partial charge >= 0.3 is 5.97 Å². The summed E-state index contributed by atoms with van der Waals surface area (Å²) in [5.74, 6) is 0.498. The van der Waals surface area contributed by atoms with Crippen LogP contribution >= 0.6 is 0 Å². The molecule has 0 N–H and O–H groups in total. The van der Waals surface area contributed by atoms with Crippen LogP contribution in [0, 0.1) is 5.92 Å². The van der Waals surface area contributed by atoms with Crippen molar-refractivity contribution in [3.05, 3.63) is 0 Å². The van der Waals surface area contributed by atoms with Crippen molar-refractivity contribution >= 4 is 5.97 Å². The van der Waals surface area contributed by atoms with Gasteiger partial charge in [-0.15, -0.1) is 0 Å². The van der Waals surface area contributed by atoms with Crippen molar-refractivity contribution in [2.75, 3.05) is 20.2 Å². The molecule has 0 heterocycles. The van der Waals surface area contributed by atoms with Gasteiger partial charge in [0.05, 0.1) is 13.7 Å². The highest BCUT2D eigenvalue weighted by molar-refractivity contribution is 5.71. The lowest BCUT2D eigenvalue weighted by atomic mass is 10.1. The van der Waals surface area contributed by atoms with Gasteiger partial charge in [-0.25, -0.2) is 0 Å². The predicted molar refractivity (Wildman–Crippen MR) is 60.7 cm³/mol. The van der Waals surface area contributed by atoms with Crippen LogP contribution in [0.4, 0.5) is 0 Å². The molecule has 0 aromatic heterocycles. The van der Waals surface area contributed by atoms with Crippen LogP contribution < -0.4 is 0 Å². The highest BCUT2D eigenvalue weighted by atomic mass is 16.5. The smallest absolute Gasteiger partial charge is 0.319 e. The number of ether oxygens (including phenoxy) is 1. The number of carbonyl (C=O) groups is 1. The van der Waals surface area contributed by atoms with Crippen LogP contribution in [0.2, 0.25) is 0 Å². The van der Waals surface area contributed by atoms with Gasteiger partial charge in [-0.2, -0.15) is 0 Å². The van der Waals surface area contributed by atoms with E-state index in [1.54, 1.807) is 0 Å². The molecule has 0 aromatic rings. The van der Waals surface area contributed by atoms with Gasteiger partial charge in [-0.3, -0.25) is 9.69 Å².